The smallest absolute Gasteiger partial charge is 0.295 e. The Morgan fingerprint density at radius 2 is 1.76 bits per heavy atom. The highest BCUT2D eigenvalue weighted by molar-refractivity contribution is 6.46. The number of hydrogen-bond acceptors (Lipinski definition) is 6. The van der Waals surface area contributed by atoms with Gasteiger partial charge in [0.15, 0.2) is 0 Å². The van der Waals surface area contributed by atoms with E-state index in [2.05, 4.69) is 0 Å². The van der Waals surface area contributed by atoms with Gasteiger partial charge in [-0.3, -0.25) is 9.59 Å². The van der Waals surface area contributed by atoms with E-state index < -0.39 is 29.3 Å². The highest BCUT2D eigenvalue weighted by atomic mass is 19.1. The molecule has 0 aromatic heterocycles. The summed E-state index contributed by atoms with van der Waals surface area (Å²) in [5.74, 6) is -2.34. The van der Waals surface area contributed by atoms with Crippen LogP contribution in [0.5, 0.6) is 5.75 Å². The number of likely N-dealkylation sites (tertiary alicyclic amines) is 1. The quantitative estimate of drug-likeness (QED) is 0.374. The Morgan fingerprint density at radius 1 is 1.09 bits per heavy atom. The summed E-state index contributed by atoms with van der Waals surface area (Å²) in [6.45, 7) is 1.06. The van der Waals surface area contributed by atoms with Gasteiger partial charge < -0.3 is 24.5 Å². The fourth-order valence-corrected chi connectivity index (χ4v) is 3.98. The summed E-state index contributed by atoms with van der Waals surface area (Å²) < 4.78 is 19.3. The lowest BCUT2D eigenvalue weighted by Crippen LogP contribution is -2.32. The van der Waals surface area contributed by atoms with E-state index in [1.165, 1.54) is 24.1 Å². The van der Waals surface area contributed by atoms with Gasteiger partial charge in [0, 0.05) is 26.3 Å². The molecule has 1 aliphatic rings. The number of rotatable bonds is 8. The maximum absolute atomic E-state index is 14.0. The molecule has 1 N–H and O–H groups in total. The number of aliphatic hydroxyl groups excluding tert-OH is 1. The third-order valence-electron chi connectivity index (χ3n) is 5.69. The molecule has 1 atom stereocenters. The van der Waals surface area contributed by atoms with Crippen molar-refractivity contribution in [2.45, 2.75) is 12.5 Å². The number of anilines is 1. The van der Waals surface area contributed by atoms with Crippen LogP contribution < -0.4 is 9.64 Å². The van der Waals surface area contributed by atoms with Crippen LogP contribution in [0.4, 0.5) is 10.1 Å². The molecule has 2 aromatic rings. The van der Waals surface area contributed by atoms with Crippen LogP contribution >= 0.6 is 0 Å². The Morgan fingerprint density at radius 3 is 2.33 bits per heavy atom. The third-order valence-corrected chi connectivity index (χ3v) is 5.69. The van der Waals surface area contributed by atoms with Gasteiger partial charge in [0.1, 0.15) is 17.3 Å². The lowest BCUT2D eigenvalue weighted by atomic mass is 9.94. The van der Waals surface area contributed by atoms with Crippen LogP contribution in [-0.2, 0) is 9.59 Å². The summed E-state index contributed by atoms with van der Waals surface area (Å²) in [5, 5.41) is 11.2. The first-order chi connectivity index (χ1) is 15.6. The van der Waals surface area contributed by atoms with Crippen LogP contribution in [0.1, 0.15) is 23.6 Å². The molecule has 2 aromatic carbocycles. The molecule has 7 nitrogen and oxygen atoms in total. The molecular formula is C25H30FN3O4. The minimum Gasteiger partial charge on any atom is -0.507 e. The summed E-state index contributed by atoms with van der Waals surface area (Å²) in [6.07, 6.45) is 0.648. The maximum atomic E-state index is 14.0. The van der Waals surface area contributed by atoms with Gasteiger partial charge in [-0.15, -0.1) is 0 Å². The molecule has 1 aliphatic heterocycles. The highest BCUT2D eigenvalue weighted by Gasteiger charge is 2.46. The molecule has 1 unspecified atom stereocenters. The maximum Gasteiger partial charge on any atom is 0.295 e. The van der Waals surface area contributed by atoms with Crippen molar-refractivity contribution < 1.29 is 23.8 Å². The van der Waals surface area contributed by atoms with Gasteiger partial charge in [-0.1, -0.05) is 12.1 Å². The SMILES string of the molecule is COc1ccc(F)cc1/C(O)=C1\C(=O)C(=O)N(CCCN(C)C)C1c1ccc(N(C)C)cc1. The van der Waals surface area contributed by atoms with E-state index in [9.17, 15) is 19.1 Å². The van der Waals surface area contributed by atoms with Crippen LogP contribution in [0.25, 0.3) is 5.76 Å². The minimum atomic E-state index is -0.801. The van der Waals surface area contributed by atoms with Gasteiger partial charge in [-0.05, 0) is 63.0 Å². The molecule has 0 radical (unpaired) electrons. The number of methoxy groups -OCH3 is 1. The fourth-order valence-electron chi connectivity index (χ4n) is 3.98. The van der Waals surface area contributed by atoms with Gasteiger partial charge in [-0.25, -0.2) is 4.39 Å². The molecule has 8 heteroatoms. The van der Waals surface area contributed by atoms with Gasteiger partial charge in [-0.2, -0.15) is 0 Å². The lowest BCUT2D eigenvalue weighted by molar-refractivity contribution is -0.139. The number of hydrogen-bond donors (Lipinski definition) is 1. The summed E-state index contributed by atoms with van der Waals surface area (Å²) in [7, 11) is 9.09. The van der Waals surface area contributed by atoms with Crippen LogP contribution in [0, 0.1) is 5.82 Å². The molecule has 0 saturated carbocycles. The van der Waals surface area contributed by atoms with E-state index >= 15 is 0 Å². The second-order valence-electron chi connectivity index (χ2n) is 8.48. The van der Waals surface area contributed by atoms with Crippen molar-refractivity contribution in [3.63, 3.8) is 0 Å². The normalized spacial score (nSPS) is 17.7. The van der Waals surface area contributed by atoms with Crippen molar-refractivity contribution in [2.24, 2.45) is 0 Å². The molecule has 1 amide bonds. The van der Waals surface area contributed by atoms with Crippen molar-refractivity contribution in [1.82, 2.24) is 9.80 Å². The predicted molar refractivity (Wildman–Crippen MR) is 126 cm³/mol. The number of carbonyl (C=O) groups is 2. The van der Waals surface area contributed by atoms with Gasteiger partial charge in [0.05, 0.1) is 24.3 Å². The van der Waals surface area contributed by atoms with Crippen molar-refractivity contribution >= 4 is 23.1 Å². The second kappa shape index (κ2) is 10.0. The molecule has 0 bridgehead atoms. The minimum absolute atomic E-state index is 0.0266. The zero-order valence-corrected chi connectivity index (χ0v) is 19.6. The number of ether oxygens (including phenoxy) is 1. The molecule has 0 aliphatic carbocycles. The monoisotopic (exact) mass is 455 g/mol. The first-order valence-corrected chi connectivity index (χ1v) is 10.7. The van der Waals surface area contributed by atoms with Gasteiger partial charge in [0.25, 0.3) is 11.7 Å². The standard InChI is InChI=1S/C25H30FN3O4/c1-27(2)13-6-14-29-22(16-7-10-18(11-8-16)28(3)4)21(24(31)25(29)32)23(30)19-15-17(26)9-12-20(19)33-5/h7-12,15,22,30H,6,13-14H2,1-5H3/b23-21+. The molecule has 33 heavy (non-hydrogen) atoms. The number of aliphatic hydroxyl groups is 1. The van der Waals surface area contributed by atoms with Crippen molar-refractivity contribution in [2.75, 3.05) is 53.3 Å². The Bertz CT molecular complexity index is 1060. The molecule has 1 saturated heterocycles. The average Bonchev–Trinajstić information content (AvgIpc) is 3.03. The Hall–Kier alpha value is -3.39. The number of benzene rings is 2. The van der Waals surface area contributed by atoms with E-state index in [1.807, 2.05) is 62.3 Å². The Kier molecular flexibility index (Phi) is 7.38. The fraction of sp³-hybridized carbons (Fsp3) is 0.360. The van der Waals surface area contributed by atoms with Crippen LogP contribution in [0.15, 0.2) is 48.0 Å². The molecule has 1 heterocycles. The first kappa shape index (κ1) is 24.3. The van der Waals surface area contributed by atoms with Gasteiger partial charge >= 0.3 is 0 Å². The van der Waals surface area contributed by atoms with Crippen molar-refractivity contribution in [3.8, 4) is 5.75 Å². The van der Waals surface area contributed by atoms with E-state index in [4.69, 9.17) is 4.74 Å². The first-order valence-electron chi connectivity index (χ1n) is 10.7. The molecule has 3 rings (SSSR count). The average molecular weight is 456 g/mol. The number of halogens is 1. The van der Waals surface area contributed by atoms with Crippen molar-refractivity contribution in [3.05, 3.63) is 65.0 Å². The van der Waals surface area contributed by atoms with Crippen LogP contribution in [0.2, 0.25) is 0 Å². The van der Waals surface area contributed by atoms with Crippen LogP contribution in [0.3, 0.4) is 0 Å². The summed E-state index contributed by atoms with van der Waals surface area (Å²) in [5.41, 5.74) is 1.58. The summed E-state index contributed by atoms with van der Waals surface area (Å²) >= 11 is 0. The number of Topliss-reactive ketones (excluding diaryl/α,β-unsaturated/α-hetero) is 1. The van der Waals surface area contributed by atoms with E-state index in [-0.39, 0.29) is 16.9 Å². The third kappa shape index (κ3) is 5.01. The number of ketones is 1. The summed E-state index contributed by atoms with van der Waals surface area (Å²) in [4.78, 5) is 31.5. The Balaban J connectivity index is 2.15. The Labute approximate surface area is 193 Å². The number of amides is 1. The lowest BCUT2D eigenvalue weighted by Gasteiger charge is -2.26. The molecule has 0 spiro atoms. The zero-order valence-electron chi connectivity index (χ0n) is 19.6. The van der Waals surface area contributed by atoms with E-state index in [0.717, 1.165) is 18.3 Å². The molecule has 1 fully saturated rings. The summed E-state index contributed by atoms with van der Waals surface area (Å²) in [6, 6.07) is 10.3. The van der Waals surface area contributed by atoms with E-state index in [1.54, 1.807) is 0 Å². The van der Waals surface area contributed by atoms with E-state index in [0.29, 0.717) is 18.5 Å². The van der Waals surface area contributed by atoms with Crippen LogP contribution in [-0.4, -0.2) is 75.0 Å². The van der Waals surface area contributed by atoms with Gasteiger partial charge in [0.2, 0.25) is 0 Å². The predicted octanol–water partition coefficient (Wildman–Crippen LogP) is 3.27. The second-order valence-corrected chi connectivity index (χ2v) is 8.48. The van der Waals surface area contributed by atoms with Crippen molar-refractivity contribution in [1.29, 1.82) is 0 Å². The topological polar surface area (TPSA) is 73.3 Å². The molecular weight excluding hydrogens is 425 g/mol. The zero-order chi connectivity index (χ0) is 24.3. The number of carbonyl (C=O) groups excluding carboxylic acids is 2. The highest BCUT2D eigenvalue weighted by Crippen LogP contribution is 2.41. The number of nitrogens with zero attached hydrogens (tertiary/aromatic N) is 3. The molecule has 176 valence electrons. The largest absolute Gasteiger partial charge is 0.507 e.